The molecule has 1 aliphatic heterocycles. The number of hydrogen-bond donors (Lipinski definition) is 0. The van der Waals surface area contributed by atoms with E-state index in [1.54, 1.807) is 0 Å². The van der Waals surface area contributed by atoms with Gasteiger partial charge < -0.3 is 4.90 Å². The van der Waals surface area contributed by atoms with Crippen molar-refractivity contribution in [2.45, 2.75) is 49.9 Å². The number of anilines is 1. The van der Waals surface area contributed by atoms with Crippen LogP contribution in [0.2, 0.25) is 0 Å². The van der Waals surface area contributed by atoms with E-state index in [2.05, 4.69) is 56.9 Å². The fourth-order valence-corrected chi connectivity index (χ4v) is 3.49. The number of thioether (sulfide) groups is 1. The van der Waals surface area contributed by atoms with E-state index in [1.165, 1.54) is 17.0 Å². The van der Waals surface area contributed by atoms with Gasteiger partial charge in [-0.3, -0.25) is 0 Å². The molecule has 1 aromatic carbocycles. The summed E-state index contributed by atoms with van der Waals surface area (Å²) in [6.07, 6.45) is 1.17. The number of benzene rings is 1. The van der Waals surface area contributed by atoms with E-state index >= 15 is 0 Å². The first-order valence-electron chi connectivity index (χ1n) is 5.61. The molecule has 1 aromatic rings. The molecule has 0 bridgehead atoms. The van der Waals surface area contributed by atoms with Crippen molar-refractivity contribution in [1.82, 2.24) is 0 Å². The molecule has 2 rings (SSSR count). The van der Waals surface area contributed by atoms with Gasteiger partial charge in [0.05, 0.1) is 11.1 Å². The zero-order valence-corrected chi connectivity index (χ0v) is 10.8. The summed E-state index contributed by atoms with van der Waals surface area (Å²) in [5.74, 6) is 0. The molecule has 0 aliphatic carbocycles. The van der Waals surface area contributed by atoms with Crippen molar-refractivity contribution in [2.24, 2.45) is 0 Å². The third-order valence-corrected chi connectivity index (χ3v) is 4.45. The normalized spacial score (nSPS) is 20.5. The molecule has 0 aromatic heterocycles. The summed E-state index contributed by atoms with van der Waals surface area (Å²) in [6, 6.07) is 8.72. The number of fused-ring (bicyclic) bond motifs is 1. The summed E-state index contributed by atoms with van der Waals surface area (Å²) >= 11 is 1.97. The minimum absolute atomic E-state index is 0.249. The molecule has 15 heavy (non-hydrogen) atoms. The Morgan fingerprint density at radius 2 is 2.00 bits per heavy atom. The standard InChI is InChI=1S/C13H19NS/c1-5-13(3,4)14-10(2)15-12-9-7-6-8-11(12)14/h6-10H,5H2,1-4H3. The first-order valence-corrected chi connectivity index (χ1v) is 6.49. The number of rotatable bonds is 2. The second-order valence-corrected chi connectivity index (χ2v) is 6.08. The SMILES string of the molecule is CCC(C)(C)N1c2ccccc2SC1C. The molecule has 1 heterocycles. The van der Waals surface area contributed by atoms with Gasteiger partial charge in [0.25, 0.3) is 0 Å². The highest BCUT2D eigenvalue weighted by Crippen LogP contribution is 2.46. The van der Waals surface area contributed by atoms with Gasteiger partial charge in [0, 0.05) is 10.4 Å². The van der Waals surface area contributed by atoms with E-state index in [4.69, 9.17) is 0 Å². The Labute approximate surface area is 96.9 Å². The lowest BCUT2D eigenvalue weighted by Crippen LogP contribution is -2.45. The van der Waals surface area contributed by atoms with Crippen LogP contribution in [0, 0.1) is 0 Å². The number of nitrogens with zero attached hydrogens (tertiary/aromatic N) is 1. The Balaban J connectivity index is 2.42. The predicted molar refractivity (Wildman–Crippen MR) is 68.6 cm³/mol. The van der Waals surface area contributed by atoms with E-state index in [0.717, 1.165) is 0 Å². The van der Waals surface area contributed by atoms with Crippen molar-refractivity contribution in [3.05, 3.63) is 24.3 Å². The Hall–Kier alpha value is -0.630. The monoisotopic (exact) mass is 221 g/mol. The highest BCUT2D eigenvalue weighted by atomic mass is 32.2. The molecular weight excluding hydrogens is 202 g/mol. The van der Waals surface area contributed by atoms with Crippen molar-refractivity contribution in [2.75, 3.05) is 4.90 Å². The van der Waals surface area contributed by atoms with Gasteiger partial charge in [-0.05, 0) is 39.3 Å². The van der Waals surface area contributed by atoms with Crippen LogP contribution in [0.1, 0.15) is 34.1 Å². The van der Waals surface area contributed by atoms with E-state index < -0.39 is 0 Å². The van der Waals surface area contributed by atoms with E-state index in [0.29, 0.717) is 5.37 Å². The van der Waals surface area contributed by atoms with E-state index in [-0.39, 0.29) is 5.54 Å². The van der Waals surface area contributed by atoms with E-state index in [9.17, 15) is 0 Å². The molecule has 0 saturated carbocycles. The molecular formula is C13H19NS. The molecule has 0 radical (unpaired) electrons. The summed E-state index contributed by atoms with van der Waals surface area (Å²) in [6.45, 7) is 9.21. The molecule has 0 spiro atoms. The second kappa shape index (κ2) is 3.75. The molecule has 1 atom stereocenters. The molecule has 0 amide bonds. The van der Waals surface area contributed by atoms with E-state index in [1.807, 2.05) is 11.8 Å². The summed E-state index contributed by atoms with van der Waals surface area (Å²) in [7, 11) is 0. The summed E-state index contributed by atoms with van der Waals surface area (Å²) in [5, 5.41) is 0.553. The number of para-hydroxylation sites is 1. The van der Waals surface area contributed by atoms with Crippen LogP contribution < -0.4 is 4.90 Å². The van der Waals surface area contributed by atoms with Crippen molar-refractivity contribution < 1.29 is 0 Å². The van der Waals surface area contributed by atoms with Gasteiger partial charge in [-0.15, -0.1) is 0 Å². The minimum atomic E-state index is 0.249. The third-order valence-electron chi connectivity index (χ3n) is 3.30. The van der Waals surface area contributed by atoms with Crippen LogP contribution in [0.25, 0.3) is 0 Å². The van der Waals surface area contributed by atoms with Crippen molar-refractivity contribution >= 4 is 17.4 Å². The van der Waals surface area contributed by atoms with Gasteiger partial charge >= 0.3 is 0 Å². The van der Waals surface area contributed by atoms with Gasteiger partial charge in [-0.1, -0.05) is 30.8 Å². The molecule has 1 unspecified atom stereocenters. The van der Waals surface area contributed by atoms with Gasteiger partial charge in [0.1, 0.15) is 0 Å². The quantitative estimate of drug-likeness (QED) is 0.738. The second-order valence-electron chi connectivity index (χ2n) is 4.72. The molecule has 0 N–H and O–H groups in total. The lowest BCUT2D eigenvalue weighted by molar-refractivity contribution is 0.444. The molecule has 1 aliphatic rings. The zero-order chi connectivity index (χ0) is 11.1. The Morgan fingerprint density at radius 1 is 1.33 bits per heavy atom. The fourth-order valence-electron chi connectivity index (χ4n) is 2.18. The van der Waals surface area contributed by atoms with Crippen LogP contribution in [0.5, 0.6) is 0 Å². The maximum atomic E-state index is 2.55. The molecule has 2 heteroatoms. The maximum Gasteiger partial charge on any atom is 0.0775 e. The summed E-state index contributed by atoms with van der Waals surface area (Å²) in [4.78, 5) is 3.97. The van der Waals surface area contributed by atoms with Gasteiger partial charge in [-0.2, -0.15) is 0 Å². The van der Waals surface area contributed by atoms with Gasteiger partial charge in [-0.25, -0.2) is 0 Å². The summed E-state index contributed by atoms with van der Waals surface area (Å²) in [5.41, 5.74) is 1.65. The highest BCUT2D eigenvalue weighted by Gasteiger charge is 2.35. The van der Waals surface area contributed by atoms with Crippen LogP contribution >= 0.6 is 11.8 Å². The third kappa shape index (κ3) is 1.76. The van der Waals surface area contributed by atoms with Crippen LogP contribution in [-0.2, 0) is 0 Å². The smallest absolute Gasteiger partial charge is 0.0775 e. The Kier molecular flexibility index (Phi) is 2.72. The lowest BCUT2D eigenvalue weighted by atomic mass is 9.98. The fraction of sp³-hybridized carbons (Fsp3) is 0.538. The van der Waals surface area contributed by atoms with Crippen LogP contribution in [0.3, 0.4) is 0 Å². The zero-order valence-electron chi connectivity index (χ0n) is 9.95. The first kappa shape index (κ1) is 10.9. The Bertz CT molecular complexity index is 359. The number of hydrogen-bond acceptors (Lipinski definition) is 2. The lowest BCUT2D eigenvalue weighted by Gasteiger charge is -2.39. The molecule has 1 nitrogen and oxygen atoms in total. The minimum Gasteiger partial charge on any atom is -0.353 e. The maximum absolute atomic E-state index is 2.55. The molecule has 82 valence electrons. The van der Waals surface area contributed by atoms with Crippen LogP contribution in [-0.4, -0.2) is 10.9 Å². The molecule has 0 saturated heterocycles. The topological polar surface area (TPSA) is 3.24 Å². The molecule has 0 fully saturated rings. The van der Waals surface area contributed by atoms with Crippen LogP contribution in [0.4, 0.5) is 5.69 Å². The largest absolute Gasteiger partial charge is 0.353 e. The van der Waals surface area contributed by atoms with Crippen LogP contribution in [0.15, 0.2) is 29.2 Å². The van der Waals surface area contributed by atoms with Gasteiger partial charge in [0.15, 0.2) is 0 Å². The predicted octanol–water partition coefficient (Wildman–Crippen LogP) is 4.13. The van der Waals surface area contributed by atoms with Crippen molar-refractivity contribution in [3.63, 3.8) is 0 Å². The van der Waals surface area contributed by atoms with Crippen molar-refractivity contribution in [1.29, 1.82) is 0 Å². The van der Waals surface area contributed by atoms with Gasteiger partial charge in [0.2, 0.25) is 0 Å². The highest BCUT2D eigenvalue weighted by molar-refractivity contribution is 8.00. The summed E-state index contributed by atoms with van der Waals surface area (Å²) < 4.78 is 0. The average Bonchev–Trinajstić information content (AvgIpc) is 2.54. The van der Waals surface area contributed by atoms with Crippen molar-refractivity contribution in [3.8, 4) is 0 Å². The Morgan fingerprint density at radius 3 is 2.67 bits per heavy atom. The first-order chi connectivity index (χ1) is 7.06. The average molecular weight is 221 g/mol.